The molecule has 2 heteroatoms. The first-order valence-corrected chi connectivity index (χ1v) is 4.31. The van der Waals surface area contributed by atoms with E-state index in [0.717, 1.165) is 19.0 Å². The third-order valence-corrected chi connectivity index (χ3v) is 2.00. The molecule has 0 spiro atoms. The fourth-order valence-corrected chi connectivity index (χ4v) is 1.36. The Labute approximate surface area is 77.6 Å². The third-order valence-electron chi connectivity index (χ3n) is 2.00. The Balaban J connectivity index is 2.50. The number of allylic oxidation sites excluding steroid dienone is 6. The first kappa shape index (κ1) is 9.65. The monoisotopic (exact) mass is 176 g/mol. The van der Waals surface area contributed by atoms with Gasteiger partial charge in [-0.2, -0.15) is 0 Å². The molecular weight excluding hydrogens is 164 g/mol. The molecule has 0 N–H and O–H groups in total. The van der Waals surface area contributed by atoms with Gasteiger partial charge in [0.2, 0.25) is 0 Å². The van der Waals surface area contributed by atoms with Crippen molar-refractivity contribution in [3.05, 3.63) is 36.0 Å². The molecule has 0 aliphatic heterocycles. The summed E-state index contributed by atoms with van der Waals surface area (Å²) < 4.78 is 0. The highest BCUT2D eigenvalue weighted by Gasteiger charge is 2.10. The van der Waals surface area contributed by atoms with E-state index in [9.17, 15) is 9.59 Å². The van der Waals surface area contributed by atoms with E-state index in [4.69, 9.17) is 0 Å². The van der Waals surface area contributed by atoms with Gasteiger partial charge in [0.15, 0.2) is 0 Å². The fourth-order valence-electron chi connectivity index (χ4n) is 1.36. The molecule has 0 saturated heterocycles. The van der Waals surface area contributed by atoms with Crippen LogP contribution in [0.15, 0.2) is 36.0 Å². The van der Waals surface area contributed by atoms with Crippen LogP contribution in [0, 0.1) is 5.92 Å². The fraction of sp³-hybridized carbons (Fsp3) is 0.273. The maximum absolute atomic E-state index is 10.2. The van der Waals surface area contributed by atoms with Crippen molar-refractivity contribution in [2.45, 2.75) is 12.8 Å². The van der Waals surface area contributed by atoms with E-state index in [2.05, 4.69) is 0 Å². The summed E-state index contributed by atoms with van der Waals surface area (Å²) in [5.74, 6) is 0.213. The van der Waals surface area contributed by atoms with Crippen LogP contribution in [0.5, 0.6) is 0 Å². The van der Waals surface area contributed by atoms with Crippen molar-refractivity contribution in [2.24, 2.45) is 5.92 Å². The first-order chi connectivity index (χ1) is 6.38. The molecule has 0 aromatic heterocycles. The van der Waals surface area contributed by atoms with Crippen LogP contribution in [0.25, 0.3) is 0 Å². The second kappa shape index (κ2) is 5.25. The van der Waals surface area contributed by atoms with Gasteiger partial charge in [-0.05, 0) is 12.5 Å². The van der Waals surface area contributed by atoms with E-state index < -0.39 is 0 Å². The van der Waals surface area contributed by atoms with Crippen LogP contribution >= 0.6 is 0 Å². The standard InChI is InChI=1S/C11H12O2/c12-8-2-6-10-4-1-5-11(10)7-3-9-13/h1-2,4-6,8-10H,3,7H2/b6-2+. The van der Waals surface area contributed by atoms with Crippen molar-refractivity contribution < 1.29 is 9.59 Å². The van der Waals surface area contributed by atoms with Crippen molar-refractivity contribution in [1.82, 2.24) is 0 Å². The van der Waals surface area contributed by atoms with E-state index >= 15 is 0 Å². The van der Waals surface area contributed by atoms with Crippen LogP contribution < -0.4 is 0 Å². The lowest BCUT2D eigenvalue weighted by Crippen LogP contribution is -1.94. The van der Waals surface area contributed by atoms with Gasteiger partial charge < -0.3 is 4.79 Å². The summed E-state index contributed by atoms with van der Waals surface area (Å²) >= 11 is 0. The highest BCUT2D eigenvalue weighted by molar-refractivity contribution is 5.65. The molecule has 0 fully saturated rings. The molecular formula is C11H12O2. The Morgan fingerprint density at radius 2 is 2.23 bits per heavy atom. The van der Waals surface area contributed by atoms with Gasteiger partial charge in [0.05, 0.1) is 0 Å². The molecule has 0 bridgehead atoms. The van der Waals surface area contributed by atoms with Crippen molar-refractivity contribution in [3.63, 3.8) is 0 Å². The van der Waals surface area contributed by atoms with Gasteiger partial charge in [-0.3, -0.25) is 4.79 Å². The Bertz CT molecular complexity index is 272. The summed E-state index contributed by atoms with van der Waals surface area (Å²) in [5.41, 5.74) is 1.20. The summed E-state index contributed by atoms with van der Waals surface area (Å²) in [6.07, 6.45) is 12.3. The highest BCUT2D eigenvalue weighted by atomic mass is 16.1. The van der Waals surface area contributed by atoms with E-state index in [-0.39, 0.29) is 5.92 Å². The normalized spacial score (nSPS) is 20.6. The van der Waals surface area contributed by atoms with Gasteiger partial charge >= 0.3 is 0 Å². The predicted octanol–water partition coefficient (Wildman–Crippen LogP) is 1.83. The number of hydrogen-bond donors (Lipinski definition) is 0. The number of hydrogen-bond acceptors (Lipinski definition) is 2. The van der Waals surface area contributed by atoms with Crippen LogP contribution in [-0.4, -0.2) is 12.6 Å². The van der Waals surface area contributed by atoms with Crippen molar-refractivity contribution in [3.8, 4) is 0 Å². The molecule has 0 amide bonds. The third kappa shape index (κ3) is 2.82. The van der Waals surface area contributed by atoms with Gasteiger partial charge in [0, 0.05) is 12.3 Å². The van der Waals surface area contributed by atoms with Crippen molar-refractivity contribution in [1.29, 1.82) is 0 Å². The summed E-state index contributed by atoms with van der Waals surface area (Å²) in [7, 11) is 0. The molecule has 0 saturated carbocycles. The number of carbonyl (C=O) groups excluding carboxylic acids is 2. The van der Waals surface area contributed by atoms with Gasteiger partial charge in [0.1, 0.15) is 12.6 Å². The summed E-state index contributed by atoms with van der Waals surface area (Å²) in [4.78, 5) is 20.3. The minimum Gasteiger partial charge on any atom is -0.303 e. The topological polar surface area (TPSA) is 34.1 Å². The molecule has 1 aliphatic rings. The second-order valence-corrected chi connectivity index (χ2v) is 2.88. The van der Waals surface area contributed by atoms with Gasteiger partial charge in [0.25, 0.3) is 0 Å². The van der Waals surface area contributed by atoms with Crippen molar-refractivity contribution in [2.75, 3.05) is 0 Å². The molecule has 0 aromatic carbocycles. The molecule has 0 heterocycles. The highest BCUT2D eigenvalue weighted by Crippen LogP contribution is 2.24. The lowest BCUT2D eigenvalue weighted by molar-refractivity contribution is -0.108. The molecule has 2 nitrogen and oxygen atoms in total. The largest absolute Gasteiger partial charge is 0.303 e. The van der Waals surface area contributed by atoms with Crippen LogP contribution in [0.2, 0.25) is 0 Å². The predicted molar refractivity (Wildman–Crippen MR) is 51.2 cm³/mol. The maximum atomic E-state index is 10.2. The van der Waals surface area contributed by atoms with Crippen LogP contribution in [0.1, 0.15) is 12.8 Å². The molecule has 1 rings (SSSR count). The zero-order valence-electron chi connectivity index (χ0n) is 7.35. The molecule has 13 heavy (non-hydrogen) atoms. The maximum Gasteiger partial charge on any atom is 0.142 e. The summed E-state index contributed by atoms with van der Waals surface area (Å²) in [6.45, 7) is 0. The Morgan fingerprint density at radius 1 is 1.38 bits per heavy atom. The van der Waals surface area contributed by atoms with Crippen LogP contribution in [-0.2, 0) is 9.59 Å². The van der Waals surface area contributed by atoms with E-state index in [0.29, 0.717) is 6.42 Å². The zero-order chi connectivity index (χ0) is 9.52. The van der Waals surface area contributed by atoms with Gasteiger partial charge in [-0.1, -0.05) is 29.9 Å². The smallest absolute Gasteiger partial charge is 0.142 e. The lowest BCUT2D eigenvalue weighted by Gasteiger charge is -2.06. The zero-order valence-corrected chi connectivity index (χ0v) is 7.35. The molecule has 68 valence electrons. The SMILES string of the molecule is O=C/C=C/C1C=CC=C1CCC=O. The second-order valence-electron chi connectivity index (χ2n) is 2.88. The average Bonchev–Trinajstić information content (AvgIpc) is 2.59. The number of aldehydes is 2. The van der Waals surface area contributed by atoms with E-state index in [1.54, 1.807) is 0 Å². The number of rotatable bonds is 5. The quantitative estimate of drug-likeness (QED) is 0.473. The molecule has 0 aromatic rings. The summed E-state index contributed by atoms with van der Waals surface area (Å²) in [5, 5.41) is 0. The molecule has 1 atom stereocenters. The lowest BCUT2D eigenvalue weighted by atomic mass is 9.98. The average molecular weight is 176 g/mol. The van der Waals surface area contributed by atoms with Crippen molar-refractivity contribution >= 4 is 12.6 Å². The summed E-state index contributed by atoms with van der Waals surface area (Å²) in [6, 6.07) is 0. The van der Waals surface area contributed by atoms with Crippen LogP contribution in [0.3, 0.4) is 0 Å². The Morgan fingerprint density at radius 3 is 2.92 bits per heavy atom. The van der Waals surface area contributed by atoms with E-state index in [1.165, 1.54) is 11.6 Å². The Kier molecular flexibility index (Phi) is 3.89. The minimum absolute atomic E-state index is 0.213. The van der Waals surface area contributed by atoms with Crippen LogP contribution in [0.4, 0.5) is 0 Å². The van der Waals surface area contributed by atoms with Gasteiger partial charge in [-0.15, -0.1) is 0 Å². The minimum atomic E-state index is 0.213. The van der Waals surface area contributed by atoms with E-state index in [1.807, 2.05) is 24.3 Å². The molecule has 1 unspecified atom stereocenters. The Hall–Kier alpha value is -1.44. The van der Waals surface area contributed by atoms with Gasteiger partial charge in [-0.25, -0.2) is 0 Å². The first-order valence-electron chi connectivity index (χ1n) is 4.31. The molecule has 0 radical (unpaired) electrons. The molecule has 1 aliphatic carbocycles. The number of carbonyl (C=O) groups is 2.